The third kappa shape index (κ3) is 2.47. The fourth-order valence-corrected chi connectivity index (χ4v) is 2.19. The van der Waals surface area contributed by atoms with Gasteiger partial charge in [-0.25, -0.2) is 0 Å². The third-order valence-corrected chi connectivity index (χ3v) is 3.21. The molecule has 0 spiro atoms. The van der Waals surface area contributed by atoms with Crippen molar-refractivity contribution >= 4 is 10.8 Å². The van der Waals surface area contributed by atoms with Crippen molar-refractivity contribution in [3.8, 4) is 5.75 Å². The van der Waals surface area contributed by atoms with Gasteiger partial charge in [0.25, 0.3) is 0 Å². The van der Waals surface area contributed by atoms with E-state index in [2.05, 4.69) is 5.32 Å². The Kier molecular flexibility index (Phi) is 3.84. The Hall–Kier alpha value is -1.58. The molecule has 0 bridgehead atoms. The van der Waals surface area contributed by atoms with Crippen molar-refractivity contribution in [2.75, 3.05) is 6.61 Å². The minimum atomic E-state index is -0.00300. The van der Waals surface area contributed by atoms with Crippen LogP contribution >= 0.6 is 0 Å². The first-order chi connectivity index (χ1) is 8.63. The highest BCUT2D eigenvalue weighted by Gasteiger charge is 2.14. The molecule has 2 rings (SSSR count). The molecule has 18 heavy (non-hydrogen) atoms. The van der Waals surface area contributed by atoms with Crippen molar-refractivity contribution in [1.82, 2.24) is 5.32 Å². The SMILES string of the molecule is CC(CO)NC(C)c1ccc2ccccc2c1O. The smallest absolute Gasteiger partial charge is 0.128 e. The molecule has 3 heteroatoms. The highest BCUT2D eigenvalue weighted by Crippen LogP contribution is 2.32. The third-order valence-electron chi connectivity index (χ3n) is 3.21. The number of phenolic OH excluding ortho intramolecular Hbond substituents is 1. The zero-order valence-electron chi connectivity index (χ0n) is 10.7. The van der Waals surface area contributed by atoms with E-state index in [1.54, 1.807) is 0 Å². The summed E-state index contributed by atoms with van der Waals surface area (Å²) in [6, 6.07) is 11.7. The van der Waals surface area contributed by atoms with Crippen LogP contribution in [0.25, 0.3) is 10.8 Å². The lowest BCUT2D eigenvalue weighted by Gasteiger charge is -2.20. The number of benzene rings is 2. The highest BCUT2D eigenvalue weighted by molar-refractivity contribution is 5.89. The summed E-state index contributed by atoms with van der Waals surface area (Å²) in [5.74, 6) is 0.318. The van der Waals surface area contributed by atoms with E-state index >= 15 is 0 Å². The first-order valence-electron chi connectivity index (χ1n) is 6.21. The first-order valence-corrected chi connectivity index (χ1v) is 6.21. The Labute approximate surface area is 107 Å². The molecule has 2 aromatic rings. The largest absolute Gasteiger partial charge is 0.507 e. The van der Waals surface area contributed by atoms with Gasteiger partial charge in [-0.05, 0) is 19.2 Å². The van der Waals surface area contributed by atoms with Gasteiger partial charge < -0.3 is 15.5 Å². The van der Waals surface area contributed by atoms with Crippen molar-refractivity contribution in [2.45, 2.75) is 25.9 Å². The summed E-state index contributed by atoms with van der Waals surface area (Å²) in [4.78, 5) is 0. The van der Waals surface area contributed by atoms with Gasteiger partial charge in [-0.1, -0.05) is 36.4 Å². The zero-order chi connectivity index (χ0) is 13.1. The molecule has 0 aliphatic heterocycles. The van der Waals surface area contributed by atoms with E-state index < -0.39 is 0 Å². The number of aliphatic hydroxyl groups excluding tert-OH is 1. The maximum Gasteiger partial charge on any atom is 0.128 e. The minimum absolute atomic E-state index is 0.00300. The van der Waals surface area contributed by atoms with Crippen LogP contribution in [0.2, 0.25) is 0 Å². The van der Waals surface area contributed by atoms with Crippen molar-refractivity contribution in [2.24, 2.45) is 0 Å². The molecule has 0 saturated carbocycles. The second-order valence-corrected chi connectivity index (χ2v) is 4.70. The Balaban J connectivity index is 2.36. The minimum Gasteiger partial charge on any atom is -0.507 e. The quantitative estimate of drug-likeness (QED) is 0.776. The van der Waals surface area contributed by atoms with Crippen LogP contribution in [0.15, 0.2) is 36.4 Å². The molecule has 0 aliphatic carbocycles. The predicted octanol–water partition coefficient (Wildman–Crippen LogP) is 2.58. The lowest BCUT2D eigenvalue weighted by molar-refractivity contribution is 0.242. The molecule has 2 atom stereocenters. The summed E-state index contributed by atoms with van der Waals surface area (Å²) in [6.45, 7) is 3.98. The summed E-state index contributed by atoms with van der Waals surface area (Å²) < 4.78 is 0. The zero-order valence-corrected chi connectivity index (χ0v) is 10.7. The van der Waals surface area contributed by atoms with Gasteiger partial charge in [-0.3, -0.25) is 0 Å². The molecule has 96 valence electrons. The normalized spacial score (nSPS) is 14.6. The van der Waals surface area contributed by atoms with Crippen LogP contribution in [-0.4, -0.2) is 22.9 Å². The molecule has 3 N–H and O–H groups in total. The summed E-state index contributed by atoms with van der Waals surface area (Å²) in [5, 5.41) is 24.5. The van der Waals surface area contributed by atoms with Crippen LogP contribution in [-0.2, 0) is 0 Å². The lowest BCUT2D eigenvalue weighted by Crippen LogP contribution is -2.31. The second kappa shape index (κ2) is 5.38. The fourth-order valence-electron chi connectivity index (χ4n) is 2.19. The van der Waals surface area contributed by atoms with Crippen molar-refractivity contribution in [3.63, 3.8) is 0 Å². The maximum atomic E-state index is 10.3. The number of nitrogens with one attached hydrogen (secondary N) is 1. The molecule has 0 aliphatic rings. The van der Waals surface area contributed by atoms with Gasteiger partial charge >= 0.3 is 0 Å². The Morgan fingerprint density at radius 1 is 1.11 bits per heavy atom. The van der Waals surface area contributed by atoms with Crippen LogP contribution in [0.3, 0.4) is 0 Å². The van der Waals surface area contributed by atoms with Gasteiger partial charge in [0, 0.05) is 23.0 Å². The Morgan fingerprint density at radius 2 is 1.83 bits per heavy atom. The molecular weight excluding hydrogens is 226 g/mol. The first kappa shape index (κ1) is 12.9. The molecule has 2 unspecified atom stereocenters. The number of hydrogen-bond acceptors (Lipinski definition) is 3. The van der Waals surface area contributed by atoms with Gasteiger partial charge in [-0.2, -0.15) is 0 Å². The van der Waals surface area contributed by atoms with E-state index in [9.17, 15) is 5.11 Å². The van der Waals surface area contributed by atoms with Gasteiger partial charge in [0.1, 0.15) is 5.75 Å². The van der Waals surface area contributed by atoms with Crippen LogP contribution in [0.4, 0.5) is 0 Å². The molecule has 0 aromatic heterocycles. The average Bonchev–Trinajstić information content (AvgIpc) is 2.39. The molecular formula is C15H19NO2. The van der Waals surface area contributed by atoms with Crippen LogP contribution < -0.4 is 5.32 Å². The molecule has 3 nitrogen and oxygen atoms in total. The topological polar surface area (TPSA) is 52.5 Å². The van der Waals surface area contributed by atoms with Gasteiger partial charge in [0.05, 0.1) is 6.61 Å². The standard InChI is InChI=1S/C15H19NO2/c1-10(9-17)16-11(2)13-8-7-12-5-3-4-6-14(12)15(13)18/h3-8,10-11,16-18H,9H2,1-2H3. The number of phenols is 1. The van der Waals surface area contributed by atoms with E-state index in [1.807, 2.05) is 50.2 Å². The number of aromatic hydroxyl groups is 1. The molecule has 2 aromatic carbocycles. The average molecular weight is 245 g/mol. The van der Waals surface area contributed by atoms with Crippen molar-refractivity contribution in [1.29, 1.82) is 0 Å². The second-order valence-electron chi connectivity index (χ2n) is 4.70. The lowest BCUT2D eigenvalue weighted by atomic mass is 10.0. The predicted molar refractivity (Wildman–Crippen MR) is 73.7 cm³/mol. The summed E-state index contributed by atoms with van der Waals surface area (Å²) in [5.41, 5.74) is 0.856. The molecule has 0 saturated heterocycles. The van der Waals surface area contributed by atoms with Crippen LogP contribution in [0.1, 0.15) is 25.5 Å². The highest BCUT2D eigenvalue weighted by atomic mass is 16.3. The van der Waals surface area contributed by atoms with Crippen molar-refractivity contribution < 1.29 is 10.2 Å². The van der Waals surface area contributed by atoms with Gasteiger partial charge in [0.2, 0.25) is 0 Å². The number of hydrogen-bond donors (Lipinski definition) is 3. The summed E-state index contributed by atoms with van der Waals surface area (Å²) >= 11 is 0. The van der Waals surface area contributed by atoms with Crippen LogP contribution in [0.5, 0.6) is 5.75 Å². The maximum absolute atomic E-state index is 10.3. The number of rotatable bonds is 4. The van der Waals surface area contributed by atoms with E-state index in [-0.39, 0.29) is 18.7 Å². The van der Waals surface area contributed by atoms with Crippen molar-refractivity contribution in [3.05, 3.63) is 42.0 Å². The molecule has 0 radical (unpaired) electrons. The summed E-state index contributed by atoms with van der Waals surface area (Å²) in [6.07, 6.45) is 0. The van der Waals surface area contributed by atoms with E-state index in [4.69, 9.17) is 5.11 Å². The molecule has 0 heterocycles. The fraction of sp³-hybridized carbons (Fsp3) is 0.333. The monoisotopic (exact) mass is 245 g/mol. The van der Waals surface area contributed by atoms with Crippen LogP contribution in [0, 0.1) is 0 Å². The summed E-state index contributed by atoms with van der Waals surface area (Å²) in [7, 11) is 0. The molecule has 0 fully saturated rings. The van der Waals surface area contributed by atoms with E-state index in [0.29, 0.717) is 5.75 Å². The number of fused-ring (bicyclic) bond motifs is 1. The number of aliphatic hydroxyl groups is 1. The van der Waals surface area contributed by atoms with E-state index in [0.717, 1.165) is 16.3 Å². The Morgan fingerprint density at radius 3 is 2.56 bits per heavy atom. The Bertz CT molecular complexity index is 539. The van der Waals surface area contributed by atoms with E-state index in [1.165, 1.54) is 0 Å². The van der Waals surface area contributed by atoms with Gasteiger partial charge in [-0.15, -0.1) is 0 Å². The van der Waals surface area contributed by atoms with Gasteiger partial charge in [0.15, 0.2) is 0 Å². The molecule has 0 amide bonds.